The van der Waals surface area contributed by atoms with Crippen molar-refractivity contribution in [2.24, 2.45) is 29.1 Å². The van der Waals surface area contributed by atoms with Gasteiger partial charge in [0.05, 0.1) is 11.3 Å². The molecule has 1 heterocycles. The number of hydrogen-bond acceptors (Lipinski definition) is 4. The topological polar surface area (TPSA) is 65.8 Å². The van der Waals surface area contributed by atoms with Gasteiger partial charge in [0.25, 0.3) is 0 Å². The molecule has 160 valence electrons. The van der Waals surface area contributed by atoms with E-state index in [1.165, 1.54) is 55.9 Å². The third-order valence-electron chi connectivity index (χ3n) is 8.44. The van der Waals surface area contributed by atoms with Crippen molar-refractivity contribution in [3.05, 3.63) is 22.9 Å². The van der Waals surface area contributed by atoms with Crippen LogP contribution in [-0.2, 0) is 17.6 Å². The number of thioether (sulfide) groups is 1. The minimum absolute atomic E-state index is 0.0836. The normalized spacial score (nSPS) is 34.8. The third kappa shape index (κ3) is 3.77. The van der Waals surface area contributed by atoms with Crippen molar-refractivity contribution >= 4 is 17.7 Å². The molecule has 1 aromatic heterocycles. The van der Waals surface area contributed by atoms with E-state index in [2.05, 4.69) is 25.2 Å². The standard InChI is InChI=1S/C25H33N3OS/c1-15-3-4-22-20(5-15)9-21(13-26)24(28-22)30-14-23(29)27-16(2)25-10-17-6-18(11-25)8-19(7-17)12-25/h9,15-19H,3-8,10-12,14H2,1-2H3,(H,27,29). The highest BCUT2D eigenvalue weighted by atomic mass is 32.2. The molecule has 2 unspecified atom stereocenters. The number of aromatic nitrogens is 1. The lowest BCUT2D eigenvalue weighted by Gasteiger charge is -2.59. The lowest BCUT2D eigenvalue weighted by Crippen LogP contribution is -2.56. The van der Waals surface area contributed by atoms with Gasteiger partial charge in [-0.3, -0.25) is 4.79 Å². The van der Waals surface area contributed by atoms with Gasteiger partial charge in [-0.05, 0) is 105 Å². The largest absolute Gasteiger partial charge is 0.352 e. The molecular weight excluding hydrogens is 390 g/mol. The summed E-state index contributed by atoms with van der Waals surface area (Å²) in [4.78, 5) is 17.6. The molecule has 2 atom stereocenters. The number of pyridine rings is 1. The molecule has 30 heavy (non-hydrogen) atoms. The second-order valence-corrected chi connectivity index (χ2v) is 11.7. The molecule has 5 heteroatoms. The molecule has 4 bridgehead atoms. The summed E-state index contributed by atoms with van der Waals surface area (Å²) >= 11 is 1.43. The monoisotopic (exact) mass is 423 g/mol. The van der Waals surface area contributed by atoms with Crippen LogP contribution in [0.15, 0.2) is 11.1 Å². The Hall–Kier alpha value is -1.54. The number of carbonyl (C=O) groups is 1. The number of nitrogens with zero attached hydrogens (tertiary/aromatic N) is 2. The van der Waals surface area contributed by atoms with Crippen LogP contribution in [-0.4, -0.2) is 22.7 Å². The second kappa shape index (κ2) is 7.86. The van der Waals surface area contributed by atoms with Crippen LogP contribution in [0.4, 0.5) is 0 Å². The molecule has 1 N–H and O–H groups in total. The van der Waals surface area contributed by atoms with Crippen molar-refractivity contribution in [2.75, 3.05) is 5.75 Å². The molecule has 0 aliphatic heterocycles. The van der Waals surface area contributed by atoms with Gasteiger partial charge in [-0.25, -0.2) is 4.98 Å². The van der Waals surface area contributed by atoms with Gasteiger partial charge in [0, 0.05) is 11.7 Å². The van der Waals surface area contributed by atoms with Crippen molar-refractivity contribution in [3.8, 4) is 6.07 Å². The summed E-state index contributed by atoms with van der Waals surface area (Å²) in [6.07, 6.45) is 11.3. The zero-order valence-corrected chi connectivity index (χ0v) is 19.1. The van der Waals surface area contributed by atoms with Gasteiger partial charge in [0.15, 0.2) is 0 Å². The van der Waals surface area contributed by atoms with Crippen LogP contribution in [0.25, 0.3) is 0 Å². The highest BCUT2D eigenvalue weighted by Crippen LogP contribution is 2.61. The van der Waals surface area contributed by atoms with Crippen LogP contribution < -0.4 is 5.32 Å². The molecule has 0 radical (unpaired) electrons. The Bertz CT molecular complexity index is 854. The smallest absolute Gasteiger partial charge is 0.230 e. The van der Waals surface area contributed by atoms with E-state index in [4.69, 9.17) is 4.98 Å². The maximum absolute atomic E-state index is 12.8. The summed E-state index contributed by atoms with van der Waals surface area (Å²) in [5.41, 5.74) is 3.29. The first-order chi connectivity index (χ1) is 14.4. The van der Waals surface area contributed by atoms with Gasteiger partial charge in [-0.15, -0.1) is 0 Å². The molecule has 1 amide bonds. The van der Waals surface area contributed by atoms with E-state index in [0.717, 1.165) is 47.7 Å². The fourth-order valence-corrected chi connectivity index (χ4v) is 8.08. The number of fused-ring (bicyclic) bond motifs is 1. The average Bonchev–Trinajstić information content (AvgIpc) is 2.70. The van der Waals surface area contributed by atoms with Crippen molar-refractivity contribution in [2.45, 2.75) is 82.7 Å². The van der Waals surface area contributed by atoms with Crippen LogP contribution in [0.5, 0.6) is 0 Å². The highest BCUT2D eigenvalue weighted by molar-refractivity contribution is 8.00. The van der Waals surface area contributed by atoms with Crippen LogP contribution >= 0.6 is 11.8 Å². The summed E-state index contributed by atoms with van der Waals surface area (Å²) in [6.45, 7) is 4.49. The van der Waals surface area contributed by atoms with Gasteiger partial charge >= 0.3 is 0 Å². The van der Waals surface area contributed by atoms with Crippen molar-refractivity contribution in [1.82, 2.24) is 10.3 Å². The van der Waals surface area contributed by atoms with Crippen LogP contribution in [0.2, 0.25) is 0 Å². The molecule has 0 saturated heterocycles. The lowest BCUT2D eigenvalue weighted by atomic mass is 9.48. The SMILES string of the molecule is CC1CCc2nc(SCC(=O)NC(C)C34CC5CC(CC(C5)C3)C4)c(C#N)cc2C1. The Labute approximate surface area is 184 Å². The predicted molar refractivity (Wildman–Crippen MR) is 119 cm³/mol. The Morgan fingerprint density at radius 1 is 1.30 bits per heavy atom. The first-order valence-corrected chi connectivity index (χ1v) is 12.8. The molecule has 0 spiro atoms. The zero-order chi connectivity index (χ0) is 20.9. The molecule has 4 fully saturated rings. The molecule has 6 rings (SSSR count). The van der Waals surface area contributed by atoms with E-state index >= 15 is 0 Å². The fourth-order valence-electron chi connectivity index (χ4n) is 7.30. The van der Waals surface area contributed by atoms with Crippen molar-refractivity contribution in [1.29, 1.82) is 5.26 Å². The van der Waals surface area contributed by atoms with E-state index in [1.54, 1.807) is 0 Å². The summed E-state index contributed by atoms with van der Waals surface area (Å²) in [7, 11) is 0. The van der Waals surface area contributed by atoms with E-state index < -0.39 is 0 Å². The third-order valence-corrected chi connectivity index (χ3v) is 9.43. The Kier molecular flexibility index (Phi) is 5.34. The Balaban J connectivity index is 1.22. The number of nitrogens with one attached hydrogen (secondary N) is 1. The number of amides is 1. The van der Waals surface area contributed by atoms with Crippen LogP contribution in [0.3, 0.4) is 0 Å². The van der Waals surface area contributed by atoms with E-state index in [0.29, 0.717) is 22.6 Å². The maximum atomic E-state index is 12.8. The molecule has 5 aliphatic rings. The number of nitriles is 1. The fraction of sp³-hybridized carbons (Fsp3) is 0.720. The number of rotatable bonds is 5. The second-order valence-electron chi connectivity index (χ2n) is 10.8. The molecule has 1 aromatic rings. The average molecular weight is 424 g/mol. The zero-order valence-electron chi connectivity index (χ0n) is 18.2. The van der Waals surface area contributed by atoms with Gasteiger partial charge in [-0.1, -0.05) is 18.7 Å². The lowest BCUT2D eigenvalue weighted by molar-refractivity contribution is -0.123. The number of carbonyl (C=O) groups excluding carboxylic acids is 1. The summed E-state index contributed by atoms with van der Waals surface area (Å²) in [6, 6.07) is 4.55. The van der Waals surface area contributed by atoms with Gasteiger partial charge in [0.2, 0.25) is 5.91 Å². The minimum atomic E-state index is 0.0836. The van der Waals surface area contributed by atoms with E-state index in [9.17, 15) is 10.1 Å². The summed E-state index contributed by atoms with van der Waals surface area (Å²) in [5.74, 6) is 3.76. The van der Waals surface area contributed by atoms with E-state index in [1.807, 2.05) is 6.07 Å². The van der Waals surface area contributed by atoms with Gasteiger partial charge in [-0.2, -0.15) is 5.26 Å². The van der Waals surface area contributed by atoms with Gasteiger partial charge < -0.3 is 5.32 Å². The molecule has 4 nitrogen and oxygen atoms in total. The highest BCUT2D eigenvalue weighted by Gasteiger charge is 2.53. The summed E-state index contributed by atoms with van der Waals surface area (Å²) in [5, 5.41) is 13.7. The Morgan fingerprint density at radius 2 is 1.97 bits per heavy atom. The summed E-state index contributed by atoms with van der Waals surface area (Å²) < 4.78 is 0. The first kappa shape index (κ1) is 20.4. The number of hydrogen-bond donors (Lipinski definition) is 1. The molecular formula is C25H33N3OS. The van der Waals surface area contributed by atoms with Crippen LogP contribution in [0, 0.1) is 40.4 Å². The first-order valence-electron chi connectivity index (χ1n) is 11.8. The predicted octanol–water partition coefficient (Wildman–Crippen LogP) is 4.89. The maximum Gasteiger partial charge on any atom is 0.230 e. The quantitative estimate of drug-likeness (QED) is 0.685. The van der Waals surface area contributed by atoms with E-state index in [-0.39, 0.29) is 11.9 Å². The van der Waals surface area contributed by atoms with Crippen molar-refractivity contribution in [3.63, 3.8) is 0 Å². The van der Waals surface area contributed by atoms with Crippen molar-refractivity contribution < 1.29 is 4.79 Å². The molecule has 0 aromatic carbocycles. The Morgan fingerprint density at radius 3 is 2.60 bits per heavy atom. The minimum Gasteiger partial charge on any atom is -0.352 e. The molecule has 4 saturated carbocycles. The number of aryl methyl sites for hydroxylation is 1. The van der Waals surface area contributed by atoms with Gasteiger partial charge in [0.1, 0.15) is 11.1 Å². The van der Waals surface area contributed by atoms with Crippen LogP contribution in [0.1, 0.15) is 75.6 Å². The molecule has 5 aliphatic carbocycles.